The van der Waals surface area contributed by atoms with Gasteiger partial charge in [0.05, 0.1) is 5.25 Å². The minimum Gasteiger partial charge on any atom is -0.342 e. The smallest absolute Gasteiger partial charge is 0.235 e. The number of amides is 1. The summed E-state index contributed by atoms with van der Waals surface area (Å²) in [6, 6.07) is 0.152. The van der Waals surface area contributed by atoms with Gasteiger partial charge >= 0.3 is 0 Å². The molecule has 0 heterocycles. The van der Waals surface area contributed by atoms with Crippen LogP contribution in [0, 0.1) is 0 Å². The Morgan fingerprint density at radius 3 is 2.42 bits per heavy atom. The molecule has 0 aromatic heterocycles. The second-order valence-corrected chi connectivity index (χ2v) is 3.58. The molecule has 1 unspecified atom stereocenters. The van der Waals surface area contributed by atoms with Gasteiger partial charge in [-0.05, 0) is 13.8 Å². The zero-order chi connectivity index (χ0) is 9.72. The van der Waals surface area contributed by atoms with E-state index >= 15 is 0 Å². The van der Waals surface area contributed by atoms with Crippen LogP contribution in [0.1, 0.15) is 20.3 Å². The van der Waals surface area contributed by atoms with Crippen molar-refractivity contribution >= 4 is 24.8 Å². The molecule has 0 saturated carbocycles. The molecule has 0 aliphatic heterocycles. The Bertz CT molecular complexity index is 170. The summed E-state index contributed by atoms with van der Waals surface area (Å²) in [4.78, 5) is 23.0. The van der Waals surface area contributed by atoms with Crippen molar-refractivity contribution < 1.29 is 9.59 Å². The number of thiol groups is 1. The van der Waals surface area contributed by atoms with Gasteiger partial charge in [0, 0.05) is 19.5 Å². The Hall–Kier alpha value is -0.510. The third-order valence-corrected chi connectivity index (χ3v) is 2.16. The molecule has 0 N–H and O–H groups in total. The first-order chi connectivity index (χ1) is 5.50. The normalized spacial score (nSPS) is 12.8. The van der Waals surface area contributed by atoms with Crippen molar-refractivity contribution in [3.63, 3.8) is 0 Å². The summed E-state index contributed by atoms with van der Waals surface area (Å²) in [6.07, 6.45) is 0.892. The van der Waals surface area contributed by atoms with Crippen LogP contribution < -0.4 is 0 Å². The fraction of sp³-hybridized carbons (Fsp3) is 0.750. The summed E-state index contributed by atoms with van der Waals surface area (Å²) in [5.74, 6) is -0.0968. The summed E-state index contributed by atoms with van der Waals surface area (Å²) in [6.45, 7) is 3.83. The van der Waals surface area contributed by atoms with Crippen LogP contribution in [-0.2, 0) is 9.59 Å². The Labute approximate surface area is 78.5 Å². The molecular formula is C8H15NO2S. The third kappa shape index (κ3) is 3.26. The van der Waals surface area contributed by atoms with Crippen LogP contribution in [0.3, 0.4) is 0 Å². The van der Waals surface area contributed by atoms with Crippen molar-refractivity contribution in [1.29, 1.82) is 0 Å². The maximum absolute atomic E-state index is 11.4. The third-order valence-electron chi connectivity index (χ3n) is 1.73. The maximum atomic E-state index is 11.4. The first-order valence-electron chi connectivity index (χ1n) is 3.89. The van der Waals surface area contributed by atoms with Gasteiger partial charge < -0.3 is 9.69 Å². The fourth-order valence-corrected chi connectivity index (χ4v) is 0.950. The topological polar surface area (TPSA) is 37.4 Å². The van der Waals surface area contributed by atoms with Crippen LogP contribution in [0.15, 0.2) is 0 Å². The second-order valence-electron chi connectivity index (χ2n) is 2.96. The van der Waals surface area contributed by atoms with E-state index < -0.39 is 5.25 Å². The molecule has 0 radical (unpaired) electrons. The SMILES string of the molecule is CC(C)N(C)C(=O)C(S)CC=O. The molecule has 12 heavy (non-hydrogen) atoms. The molecule has 0 bridgehead atoms. The summed E-state index contributed by atoms with van der Waals surface area (Å²) < 4.78 is 0. The van der Waals surface area contributed by atoms with Crippen LogP contribution in [0.5, 0.6) is 0 Å². The van der Waals surface area contributed by atoms with Crippen LogP contribution in [-0.4, -0.2) is 35.4 Å². The average Bonchev–Trinajstić information content (AvgIpc) is 2.02. The first-order valence-corrected chi connectivity index (χ1v) is 4.40. The highest BCUT2D eigenvalue weighted by Crippen LogP contribution is 2.06. The molecule has 3 nitrogen and oxygen atoms in total. The molecule has 0 rings (SSSR count). The van der Waals surface area contributed by atoms with E-state index in [0.29, 0.717) is 6.29 Å². The van der Waals surface area contributed by atoms with E-state index in [2.05, 4.69) is 12.6 Å². The number of carbonyl (C=O) groups is 2. The van der Waals surface area contributed by atoms with E-state index in [1.165, 1.54) is 0 Å². The van der Waals surface area contributed by atoms with Crippen molar-refractivity contribution in [3.8, 4) is 0 Å². The number of hydrogen-bond acceptors (Lipinski definition) is 3. The lowest BCUT2D eigenvalue weighted by Gasteiger charge is -2.23. The summed E-state index contributed by atoms with van der Waals surface area (Å²) in [5, 5.41) is -0.491. The van der Waals surface area contributed by atoms with Crippen molar-refractivity contribution in [1.82, 2.24) is 4.90 Å². The number of rotatable bonds is 4. The molecular weight excluding hydrogens is 174 g/mol. The summed E-state index contributed by atoms with van der Waals surface area (Å²) >= 11 is 4.02. The first kappa shape index (κ1) is 11.5. The lowest BCUT2D eigenvalue weighted by Crippen LogP contribution is -2.38. The molecule has 1 amide bonds. The Balaban J connectivity index is 4.08. The van der Waals surface area contributed by atoms with E-state index in [0.717, 1.165) is 0 Å². The summed E-state index contributed by atoms with van der Waals surface area (Å²) in [5.41, 5.74) is 0. The summed E-state index contributed by atoms with van der Waals surface area (Å²) in [7, 11) is 1.71. The number of hydrogen-bond donors (Lipinski definition) is 1. The van der Waals surface area contributed by atoms with Crippen LogP contribution >= 0.6 is 12.6 Å². The number of nitrogens with zero attached hydrogens (tertiary/aromatic N) is 1. The van der Waals surface area contributed by atoms with E-state index in [1.54, 1.807) is 11.9 Å². The van der Waals surface area contributed by atoms with E-state index in [1.807, 2.05) is 13.8 Å². The molecule has 0 spiro atoms. The Morgan fingerprint density at radius 1 is 1.58 bits per heavy atom. The van der Waals surface area contributed by atoms with Crippen LogP contribution in [0.4, 0.5) is 0 Å². The molecule has 0 saturated heterocycles. The average molecular weight is 189 g/mol. The van der Waals surface area contributed by atoms with Crippen molar-refractivity contribution in [2.24, 2.45) is 0 Å². The highest BCUT2D eigenvalue weighted by atomic mass is 32.1. The van der Waals surface area contributed by atoms with Crippen molar-refractivity contribution in [2.75, 3.05) is 7.05 Å². The van der Waals surface area contributed by atoms with Crippen LogP contribution in [0.2, 0.25) is 0 Å². The lowest BCUT2D eigenvalue weighted by atomic mass is 10.2. The maximum Gasteiger partial charge on any atom is 0.235 e. The Kier molecular flexibility index (Phi) is 4.97. The monoisotopic (exact) mass is 189 g/mol. The fourth-order valence-electron chi connectivity index (χ4n) is 0.682. The van der Waals surface area contributed by atoms with Gasteiger partial charge in [-0.25, -0.2) is 0 Å². The molecule has 0 aromatic carbocycles. The van der Waals surface area contributed by atoms with Gasteiger partial charge in [-0.15, -0.1) is 0 Å². The predicted octanol–water partition coefficient (Wildman–Crippen LogP) is 0.741. The van der Waals surface area contributed by atoms with Gasteiger partial charge in [0.1, 0.15) is 6.29 Å². The quantitative estimate of drug-likeness (QED) is 0.523. The lowest BCUT2D eigenvalue weighted by molar-refractivity contribution is -0.131. The molecule has 70 valence electrons. The zero-order valence-electron chi connectivity index (χ0n) is 7.65. The second kappa shape index (κ2) is 5.19. The van der Waals surface area contributed by atoms with Gasteiger partial charge in [0.2, 0.25) is 5.91 Å². The highest BCUT2D eigenvalue weighted by molar-refractivity contribution is 7.81. The van der Waals surface area contributed by atoms with E-state index in [9.17, 15) is 9.59 Å². The zero-order valence-corrected chi connectivity index (χ0v) is 8.54. The number of aldehydes is 1. The van der Waals surface area contributed by atoms with E-state index in [4.69, 9.17) is 0 Å². The van der Waals surface area contributed by atoms with Crippen molar-refractivity contribution in [2.45, 2.75) is 31.6 Å². The minimum atomic E-state index is -0.491. The highest BCUT2D eigenvalue weighted by Gasteiger charge is 2.19. The standard InChI is InChI=1S/C8H15NO2S/c1-6(2)9(3)8(11)7(12)4-5-10/h5-7,12H,4H2,1-3H3. The molecule has 1 atom stereocenters. The van der Waals surface area contributed by atoms with E-state index in [-0.39, 0.29) is 18.4 Å². The van der Waals surface area contributed by atoms with Gasteiger partial charge in [0.15, 0.2) is 0 Å². The van der Waals surface area contributed by atoms with Gasteiger partial charge in [-0.2, -0.15) is 12.6 Å². The largest absolute Gasteiger partial charge is 0.342 e. The van der Waals surface area contributed by atoms with Gasteiger partial charge in [0.25, 0.3) is 0 Å². The molecule has 4 heteroatoms. The minimum absolute atomic E-state index is 0.0968. The molecule has 0 aliphatic rings. The Morgan fingerprint density at radius 2 is 2.08 bits per heavy atom. The van der Waals surface area contributed by atoms with Gasteiger partial charge in [-0.1, -0.05) is 0 Å². The number of carbonyl (C=O) groups excluding carboxylic acids is 2. The molecule has 0 fully saturated rings. The molecule has 0 aromatic rings. The van der Waals surface area contributed by atoms with Crippen molar-refractivity contribution in [3.05, 3.63) is 0 Å². The molecule has 0 aliphatic carbocycles. The predicted molar refractivity (Wildman–Crippen MR) is 51.4 cm³/mol. The van der Waals surface area contributed by atoms with Crippen LogP contribution in [0.25, 0.3) is 0 Å². The van der Waals surface area contributed by atoms with Gasteiger partial charge in [-0.3, -0.25) is 4.79 Å².